The van der Waals surface area contributed by atoms with Gasteiger partial charge in [-0.1, -0.05) is 47.5 Å². The number of imide groups is 1. The molecule has 0 saturated heterocycles. The van der Waals surface area contributed by atoms with Crippen LogP contribution in [0.25, 0.3) is 0 Å². The van der Waals surface area contributed by atoms with Crippen molar-refractivity contribution in [2.45, 2.75) is 13.5 Å². The lowest BCUT2D eigenvalue weighted by Crippen LogP contribution is -2.30. The second-order valence-corrected chi connectivity index (χ2v) is 4.51. The Morgan fingerprint density at radius 3 is 2.12 bits per heavy atom. The van der Waals surface area contributed by atoms with E-state index in [-0.39, 0.29) is 16.6 Å². The summed E-state index contributed by atoms with van der Waals surface area (Å²) in [6.45, 7) is 2.10. The molecule has 0 radical (unpaired) electrons. The molecule has 5 heteroatoms. The second-order valence-electron chi connectivity index (χ2n) is 3.75. The number of nitrogens with zero attached hydrogens (tertiary/aromatic N) is 1. The monoisotopic (exact) mass is 269 g/mol. The summed E-state index contributed by atoms with van der Waals surface area (Å²) in [5, 5.41) is -0.407. The number of hydrogen-bond acceptors (Lipinski definition) is 2. The van der Waals surface area contributed by atoms with Gasteiger partial charge in [0.05, 0.1) is 6.54 Å². The molecular formula is C12H9Cl2NO2. The maximum Gasteiger partial charge on any atom is 0.274 e. The van der Waals surface area contributed by atoms with E-state index in [1.807, 2.05) is 31.2 Å². The molecule has 0 aliphatic carbocycles. The van der Waals surface area contributed by atoms with E-state index in [2.05, 4.69) is 0 Å². The van der Waals surface area contributed by atoms with E-state index in [0.717, 1.165) is 16.0 Å². The van der Waals surface area contributed by atoms with Gasteiger partial charge in [-0.05, 0) is 18.1 Å². The summed E-state index contributed by atoms with van der Waals surface area (Å²) in [5.41, 5.74) is 1.90. The highest BCUT2D eigenvalue weighted by atomic mass is 35.5. The fraction of sp³-hybridized carbons (Fsp3) is 0.167. The first-order chi connectivity index (χ1) is 8.02. The number of halogens is 2. The van der Waals surface area contributed by atoms with Gasteiger partial charge in [0.1, 0.15) is 10.1 Å². The fourth-order valence-corrected chi connectivity index (χ4v) is 1.98. The summed E-state index contributed by atoms with van der Waals surface area (Å²) in [4.78, 5) is 24.4. The van der Waals surface area contributed by atoms with E-state index >= 15 is 0 Å². The van der Waals surface area contributed by atoms with Crippen molar-refractivity contribution >= 4 is 35.0 Å². The Morgan fingerprint density at radius 2 is 1.59 bits per heavy atom. The minimum Gasteiger partial charge on any atom is -0.268 e. The van der Waals surface area contributed by atoms with E-state index < -0.39 is 11.8 Å². The van der Waals surface area contributed by atoms with E-state index in [1.165, 1.54) is 0 Å². The van der Waals surface area contributed by atoms with Gasteiger partial charge < -0.3 is 0 Å². The molecule has 1 aliphatic heterocycles. The molecule has 0 aromatic heterocycles. The van der Waals surface area contributed by atoms with E-state index in [4.69, 9.17) is 23.2 Å². The largest absolute Gasteiger partial charge is 0.274 e. The minimum absolute atomic E-state index is 0.191. The van der Waals surface area contributed by atoms with Crippen LogP contribution in [0.3, 0.4) is 0 Å². The summed E-state index contributed by atoms with van der Waals surface area (Å²) in [6.07, 6.45) is 0. The molecule has 0 fully saturated rings. The Kier molecular flexibility index (Phi) is 3.22. The molecule has 0 saturated carbocycles. The molecule has 3 nitrogen and oxygen atoms in total. The van der Waals surface area contributed by atoms with Crippen LogP contribution in [0.5, 0.6) is 0 Å². The van der Waals surface area contributed by atoms with Gasteiger partial charge in [-0.25, -0.2) is 0 Å². The molecular weight excluding hydrogens is 261 g/mol. The lowest BCUT2D eigenvalue weighted by molar-refractivity contribution is -0.137. The molecule has 2 rings (SSSR count). The van der Waals surface area contributed by atoms with Gasteiger partial charge in [0.25, 0.3) is 11.8 Å². The molecule has 0 N–H and O–H groups in total. The Balaban J connectivity index is 2.26. The zero-order valence-electron chi connectivity index (χ0n) is 9.04. The van der Waals surface area contributed by atoms with Gasteiger partial charge >= 0.3 is 0 Å². The Morgan fingerprint density at radius 1 is 1.06 bits per heavy atom. The first kappa shape index (κ1) is 12.1. The SMILES string of the molecule is Cc1ccccc1CN1C(=O)C(Cl)=C(Cl)C1=O. The molecule has 1 heterocycles. The van der Waals surface area contributed by atoms with Gasteiger partial charge in [-0.15, -0.1) is 0 Å². The molecule has 0 unspecified atom stereocenters. The van der Waals surface area contributed by atoms with Crippen molar-refractivity contribution in [2.24, 2.45) is 0 Å². The number of rotatable bonds is 2. The van der Waals surface area contributed by atoms with Crippen molar-refractivity contribution in [1.82, 2.24) is 4.90 Å². The van der Waals surface area contributed by atoms with Crippen LogP contribution in [0.1, 0.15) is 11.1 Å². The van der Waals surface area contributed by atoms with Crippen molar-refractivity contribution in [3.8, 4) is 0 Å². The molecule has 1 aliphatic rings. The lowest BCUT2D eigenvalue weighted by atomic mass is 10.1. The summed E-state index contributed by atoms with van der Waals surface area (Å²) in [6, 6.07) is 7.52. The first-order valence-corrected chi connectivity index (χ1v) is 5.74. The van der Waals surface area contributed by atoms with Crippen molar-refractivity contribution in [1.29, 1.82) is 0 Å². The van der Waals surface area contributed by atoms with Crippen LogP contribution in [0.2, 0.25) is 0 Å². The fourth-order valence-electron chi connectivity index (χ4n) is 1.62. The van der Waals surface area contributed by atoms with Crippen LogP contribution in [-0.4, -0.2) is 16.7 Å². The van der Waals surface area contributed by atoms with Crippen LogP contribution in [-0.2, 0) is 16.1 Å². The van der Waals surface area contributed by atoms with Crippen LogP contribution in [0.15, 0.2) is 34.3 Å². The zero-order chi connectivity index (χ0) is 12.6. The maximum absolute atomic E-state index is 11.7. The smallest absolute Gasteiger partial charge is 0.268 e. The van der Waals surface area contributed by atoms with Crippen molar-refractivity contribution in [3.05, 3.63) is 45.5 Å². The normalized spacial score (nSPS) is 16.1. The quantitative estimate of drug-likeness (QED) is 0.774. The maximum atomic E-state index is 11.7. The van der Waals surface area contributed by atoms with Crippen LogP contribution >= 0.6 is 23.2 Å². The van der Waals surface area contributed by atoms with E-state index in [9.17, 15) is 9.59 Å². The summed E-state index contributed by atoms with van der Waals surface area (Å²) in [5.74, 6) is -1.07. The predicted molar refractivity (Wildman–Crippen MR) is 65.5 cm³/mol. The van der Waals surface area contributed by atoms with Gasteiger partial charge in [-0.3, -0.25) is 14.5 Å². The third-order valence-electron chi connectivity index (χ3n) is 2.65. The topological polar surface area (TPSA) is 37.4 Å². The number of aryl methyl sites for hydroxylation is 1. The van der Waals surface area contributed by atoms with Crippen LogP contribution in [0.4, 0.5) is 0 Å². The van der Waals surface area contributed by atoms with Gasteiger partial charge in [0.2, 0.25) is 0 Å². The average molecular weight is 270 g/mol. The predicted octanol–water partition coefficient (Wildman–Crippen LogP) is 2.55. The molecule has 17 heavy (non-hydrogen) atoms. The number of carbonyl (C=O) groups is 2. The number of carbonyl (C=O) groups excluding carboxylic acids is 2. The van der Waals surface area contributed by atoms with Crippen molar-refractivity contribution < 1.29 is 9.59 Å². The Bertz CT molecular complexity index is 513. The summed E-state index contributed by atoms with van der Waals surface area (Å²) in [7, 11) is 0. The Labute approximate surface area is 109 Å². The number of benzene rings is 1. The highest BCUT2D eigenvalue weighted by Gasteiger charge is 2.36. The highest BCUT2D eigenvalue weighted by Crippen LogP contribution is 2.28. The molecule has 0 bridgehead atoms. The lowest BCUT2D eigenvalue weighted by Gasteiger charge is -2.15. The van der Waals surface area contributed by atoms with Gasteiger partial charge in [0.15, 0.2) is 0 Å². The van der Waals surface area contributed by atoms with E-state index in [0.29, 0.717) is 0 Å². The van der Waals surface area contributed by atoms with Gasteiger partial charge in [-0.2, -0.15) is 0 Å². The third-order valence-corrected chi connectivity index (χ3v) is 3.45. The number of hydrogen-bond donors (Lipinski definition) is 0. The molecule has 0 spiro atoms. The zero-order valence-corrected chi connectivity index (χ0v) is 10.5. The standard InChI is InChI=1S/C12H9Cl2NO2/c1-7-4-2-3-5-8(7)6-15-11(16)9(13)10(14)12(15)17/h2-5H,6H2,1H3. The number of amides is 2. The molecule has 0 atom stereocenters. The van der Waals surface area contributed by atoms with Gasteiger partial charge in [0, 0.05) is 0 Å². The molecule has 1 aromatic carbocycles. The molecule has 2 amide bonds. The molecule has 88 valence electrons. The summed E-state index contributed by atoms with van der Waals surface area (Å²) >= 11 is 11.3. The first-order valence-electron chi connectivity index (χ1n) is 4.98. The van der Waals surface area contributed by atoms with E-state index in [1.54, 1.807) is 0 Å². The molecule has 1 aromatic rings. The van der Waals surface area contributed by atoms with Crippen molar-refractivity contribution in [2.75, 3.05) is 0 Å². The minimum atomic E-state index is -0.537. The third kappa shape index (κ3) is 2.08. The average Bonchev–Trinajstić information content (AvgIpc) is 2.50. The van der Waals surface area contributed by atoms with Crippen molar-refractivity contribution in [3.63, 3.8) is 0 Å². The second kappa shape index (κ2) is 4.51. The van der Waals surface area contributed by atoms with Crippen LogP contribution in [0, 0.1) is 6.92 Å². The van der Waals surface area contributed by atoms with Crippen LogP contribution < -0.4 is 0 Å². The summed E-state index contributed by atoms with van der Waals surface area (Å²) < 4.78 is 0. The Hall–Kier alpha value is -1.32. The highest BCUT2D eigenvalue weighted by molar-refractivity contribution is 6.58.